The molecule has 0 aliphatic carbocycles. The van der Waals surface area contributed by atoms with Crippen LogP contribution in [0.25, 0.3) is 5.69 Å². The van der Waals surface area contributed by atoms with Crippen LogP contribution >= 0.6 is 23.2 Å². The summed E-state index contributed by atoms with van der Waals surface area (Å²) in [5.74, 6) is 0.798. The topological polar surface area (TPSA) is 60.0 Å². The van der Waals surface area contributed by atoms with Crippen molar-refractivity contribution in [1.29, 1.82) is 0 Å². The van der Waals surface area contributed by atoms with Crippen LogP contribution < -0.4 is 10.6 Å². The van der Waals surface area contributed by atoms with Crippen LogP contribution in [0.4, 0.5) is 11.9 Å². The van der Waals surface area contributed by atoms with Gasteiger partial charge in [0.25, 0.3) is 0 Å². The SMILES string of the molecule is CN(C)c1nc(N)n(-c2ccc(Cl)cc2Cl)n1. The predicted octanol–water partition coefficient (Wildman–Crippen LogP) is 2.22. The van der Waals surface area contributed by atoms with Gasteiger partial charge in [-0.05, 0) is 18.2 Å². The molecule has 0 fully saturated rings. The van der Waals surface area contributed by atoms with Gasteiger partial charge in [-0.2, -0.15) is 9.67 Å². The summed E-state index contributed by atoms with van der Waals surface area (Å²) in [4.78, 5) is 5.87. The summed E-state index contributed by atoms with van der Waals surface area (Å²) >= 11 is 11.9. The van der Waals surface area contributed by atoms with Crippen LogP contribution in [-0.4, -0.2) is 28.9 Å². The molecule has 0 unspecified atom stereocenters. The molecule has 17 heavy (non-hydrogen) atoms. The van der Waals surface area contributed by atoms with E-state index in [1.165, 1.54) is 4.68 Å². The van der Waals surface area contributed by atoms with E-state index in [2.05, 4.69) is 10.1 Å². The Balaban J connectivity index is 2.52. The van der Waals surface area contributed by atoms with E-state index in [1.807, 2.05) is 14.1 Å². The quantitative estimate of drug-likeness (QED) is 0.910. The van der Waals surface area contributed by atoms with Crippen molar-refractivity contribution in [1.82, 2.24) is 14.8 Å². The van der Waals surface area contributed by atoms with Gasteiger partial charge in [-0.25, -0.2) is 0 Å². The van der Waals surface area contributed by atoms with Crippen molar-refractivity contribution >= 4 is 35.1 Å². The van der Waals surface area contributed by atoms with Crippen LogP contribution in [0.1, 0.15) is 0 Å². The first-order valence-electron chi connectivity index (χ1n) is 4.84. The van der Waals surface area contributed by atoms with Gasteiger partial charge in [0.15, 0.2) is 0 Å². The summed E-state index contributed by atoms with van der Waals surface area (Å²) in [6.07, 6.45) is 0. The molecule has 0 amide bonds. The van der Waals surface area contributed by atoms with Gasteiger partial charge in [0, 0.05) is 19.1 Å². The van der Waals surface area contributed by atoms with E-state index in [0.29, 0.717) is 21.7 Å². The lowest BCUT2D eigenvalue weighted by Crippen LogP contribution is -2.11. The summed E-state index contributed by atoms with van der Waals surface area (Å²) < 4.78 is 1.48. The Labute approximate surface area is 109 Å². The summed E-state index contributed by atoms with van der Waals surface area (Å²) in [7, 11) is 3.67. The van der Waals surface area contributed by atoms with Gasteiger partial charge < -0.3 is 10.6 Å². The number of nitrogens with zero attached hydrogens (tertiary/aromatic N) is 4. The average molecular weight is 272 g/mol. The van der Waals surface area contributed by atoms with Crippen LogP contribution in [0.2, 0.25) is 10.0 Å². The van der Waals surface area contributed by atoms with Crippen LogP contribution in [0, 0.1) is 0 Å². The Bertz CT molecular complexity index is 550. The minimum atomic E-state index is 0.276. The van der Waals surface area contributed by atoms with Crippen LogP contribution in [0.3, 0.4) is 0 Å². The molecule has 1 heterocycles. The molecule has 7 heteroatoms. The molecule has 0 bridgehead atoms. The monoisotopic (exact) mass is 271 g/mol. The molecule has 1 aromatic heterocycles. The summed E-state index contributed by atoms with van der Waals surface area (Å²) in [6.45, 7) is 0. The van der Waals surface area contributed by atoms with Crippen LogP contribution in [0.5, 0.6) is 0 Å². The number of nitrogens with two attached hydrogens (primary N) is 1. The smallest absolute Gasteiger partial charge is 0.246 e. The molecule has 0 saturated carbocycles. The maximum Gasteiger partial charge on any atom is 0.246 e. The first-order valence-corrected chi connectivity index (χ1v) is 5.60. The maximum atomic E-state index is 6.08. The number of benzene rings is 1. The summed E-state index contributed by atoms with van der Waals surface area (Å²) in [5, 5.41) is 5.28. The minimum absolute atomic E-state index is 0.276. The highest BCUT2D eigenvalue weighted by Gasteiger charge is 2.12. The molecule has 0 aliphatic rings. The highest BCUT2D eigenvalue weighted by atomic mass is 35.5. The van der Waals surface area contributed by atoms with E-state index >= 15 is 0 Å². The fraction of sp³-hybridized carbons (Fsp3) is 0.200. The molecule has 2 rings (SSSR count). The van der Waals surface area contributed by atoms with Gasteiger partial charge >= 0.3 is 0 Å². The van der Waals surface area contributed by atoms with Crippen molar-refractivity contribution in [2.75, 3.05) is 24.7 Å². The van der Waals surface area contributed by atoms with E-state index in [-0.39, 0.29) is 5.95 Å². The number of rotatable bonds is 2. The number of hydrogen-bond acceptors (Lipinski definition) is 4. The zero-order valence-corrected chi connectivity index (χ0v) is 10.9. The van der Waals surface area contributed by atoms with E-state index in [1.54, 1.807) is 23.1 Å². The molecule has 90 valence electrons. The second-order valence-electron chi connectivity index (χ2n) is 3.67. The zero-order chi connectivity index (χ0) is 12.6. The molecule has 2 aromatic rings. The predicted molar refractivity (Wildman–Crippen MR) is 70.1 cm³/mol. The summed E-state index contributed by atoms with van der Waals surface area (Å²) in [5.41, 5.74) is 6.44. The highest BCUT2D eigenvalue weighted by Crippen LogP contribution is 2.26. The van der Waals surface area contributed by atoms with Crippen molar-refractivity contribution < 1.29 is 0 Å². The lowest BCUT2D eigenvalue weighted by atomic mass is 10.3. The molecule has 0 saturated heterocycles. The Morgan fingerprint density at radius 1 is 1.29 bits per heavy atom. The van der Waals surface area contributed by atoms with Gasteiger partial charge in [0.1, 0.15) is 0 Å². The van der Waals surface area contributed by atoms with Crippen LogP contribution in [-0.2, 0) is 0 Å². The second-order valence-corrected chi connectivity index (χ2v) is 4.52. The minimum Gasteiger partial charge on any atom is -0.368 e. The Morgan fingerprint density at radius 2 is 2.00 bits per heavy atom. The zero-order valence-electron chi connectivity index (χ0n) is 9.35. The number of nitrogen functional groups attached to an aromatic ring is 1. The number of anilines is 2. The maximum absolute atomic E-state index is 6.08. The van der Waals surface area contributed by atoms with Crippen molar-refractivity contribution in [3.05, 3.63) is 28.2 Å². The number of halogens is 2. The number of hydrogen-bond donors (Lipinski definition) is 1. The first kappa shape index (κ1) is 12.0. The Kier molecular flexibility index (Phi) is 3.13. The van der Waals surface area contributed by atoms with Crippen LogP contribution in [0.15, 0.2) is 18.2 Å². The molecule has 1 aromatic carbocycles. The third-order valence-corrected chi connectivity index (χ3v) is 2.70. The molecule has 0 atom stereocenters. The van der Waals surface area contributed by atoms with Gasteiger partial charge in [0.05, 0.1) is 10.7 Å². The van der Waals surface area contributed by atoms with Gasteiger partial charge in [0.2, 0.25) is 11.9 Å². The first-order chi connectivity index (χ1) is 7.99. The van der Waals surface area contributed by atoms with Crippen molar-refractivity contribution in [3.8, 4) is 5.69 Å². The van der Waals surface area contributed by atoms with Crippen molar-refractivity contribution in [2.24, 2.45) is 0 Å². The fourth-order valence-corrected chi connectivity index (χ4v) is 1.82. The third kappa shape index (κ3) is 2.30. The van der Waals surface area contributed by atoms with Gasteiger partial charge in [-0.15, -0.1) is 5.10 Å². The molecule has 0 aliphatic heterocycles. The standard InChI is InChI=1S/C10H11Cl2N5/c1-16(2)10-14-9(13)17(15-10)8-4-3-6(11)5-7(8)12/h3-5H,1-2H3,(H2,13,14,15). The van der Waals surface area contributed by atoms with E-state index in [9.17, 15) is 0 Å². The van der Waals surface area contributed by atoms with Crippen molar-refractivity contribution in [3.63, 3.8) is 0 Å². The van der Waals surface area contributed by atoms with Gasteiger partial charge in [-0.1, -0.05) is 23.2 Å². The second kappa shape index (κ2) is 4.43. The van der Waals surface area contributed by atoms with E-state index in [4.69, 9.17) is 28.9 Å². The number of aromatic nitrogens is 3. The molecular weight excluding hydrogens is 261 g/mol. The Hall–Kier alpha value is -1.46. The lowest BCUT2D eigenvalue weighted by Gasteiger charge is -2.06. The van der Waals surface area contributed by atoms with E-state index < -0.39 is 0 Å². The van der Waals surface area contributed by atoms with E-state index in [0.717, 1.165) is 0 Å². The fourth-order valence-electron chi connectivity index (χ4n) is 1.33. The largest absolute Gasteiger partial charge is 0.368 e. The van der Waals surface area contributed by atoms with Gasteiger partial charge in [-0.3, -0.25) is 0 Å². The molecule has 5 nitrogen and oxygen atoms in total. The third-order valence-electron chi connectivity index (χ3n) is 2.16. The van der Waals surface area contributed by atoms with Crippen molar-refractivity contribution in [2.45, 2.75) is 0 Å². The highest BCUT2D eigenvalue weighted by molar-refractivity contribution is 6.35. The lowest BCUT2D eigenvalue weighted by molar-refractivity contribution is 0.875. The average Bonchev–Trinajstić information content (AvgIpc) is 2.61. The normalized spacial score (nSPS) is 10.6. The summed E-state index contributed by atoms with van der Waals surface area (Å²) in [6, 6.07) is 5.10. The molecule has 0 spiro atoms. The molecular formula is C10H11Cl2N5. The molecule has 2 N–H and O–H groups in total. The Morgan fingerprint density at radius 3 is 2.53 bits per heavy atom. The molecule has 0 radical (unpaired) electrons.